The molecule has 0 aliphatic heterocycles. The highest BCUT2D eigenvalue weighted by Crippen LogP contribution is 2.13. The minimum atomic E-state index is 0. The predicted octanol–water partition coefficient (Wildman–Crippen LogP) is 5.13. The van der Waals surface area contributed by atoms with Crippen LogP contribution >= 0.6 is 12.4 Å². The maximum atomic E-state index is 5.75. The van der Waals surface area contributed by atoms with E-state index in [0.717, 1.165) is 18.8 Å². The van der Waals surface area contributed by atoms with Gasteiger partial charge in [0.15, 0.2) is 0 Å². The number of hydrogen-bond donors (Lipinski definition) is 1. The molecule has 0 aromatic heterocycles. The van der Waals surface area contributed by atoms with E-state index in [4.69, 9.17) is 10.5 Å². The van der Waals surface area contributed by atoms with Crippen molar-refractivity contribution in [3.05, 3.63) is 29.8 Å². The van der Waals surface area contributed by atoms with Crippen molar-refractivity contribution in [2.75, 3.05) is 13.2 Å². The highest BCUT2D eigenvalue weighted by molar-refractivity contribution is 5.85. The minimum absolute atomic E-state index is 0. The first-order chi connectivity index (χ1) is 9.86. The molecule has 0 bridgehead atoms. The third-order valence-corrected chi connectivity index (χ3v) is 3.62. The highest BCUT2D eigenvalue weighted by Gasteiger charge is 1.96. The molecule has 0 amide bonds. The molecule has 0 saturated carbocycles. The molecule has 0 aliphatic carbocycles. The first kappa shape index (κ1) is 20.3. The predicted molar refractivity (Wildman–Crippen MR) is 94.6 cm³/mol. The average molecular weight is 314 g/mol. The van der Waals surface area contributed by atoms with E-state index in [1.54, 1.807) is 0 Å². The smallest absolute Gasteiger partial charge is 0.119 e. The molecule has 2 nitrogen and oxygen atoms in total. The Morgan fingerprint density at radius 3 is 2.00 bits per heavy atom. The van der Waals surface area contributed by atoms with Crippen molar-refractivity contribution in [1.29, 1.82) is 0 Å². The van der Waals surface area contributed by atoms with Gasteiger partial charge in [-0.05, 0) is 37.1 Å². The van der Waals surface area contributed by atoms with E-state index in [2.05, 4.69) is 31.2 Å². The van der Waals surface area contributed by atoms with Crippen LogP contribution in [0.1, 0.15) is 63.9 Å². The number of rotatable bonds is 12. The SMILES string of the molecule is CCCCCCCCCCOc1ccc(CCN)cc1.Cl. The van der Waals surface area contributed by atoms with Gasteiger partial charge in [0, 0.05) is 0 Å². The monoisotopic (exact) mass is 313 g/mol. The Morgan fingerprint density at radius 1 is 0.857 bits per heavy atom. The summed E-state index contributed by atoms with van der Waals surface area (Å²) in [5.74, 6) is 0.980. The Morgan fingerprint density at radius 2 is 1.43 bits per heavy atom. The van der Waals surface area contributed by atoms with Gasteiger partial charge in [0.05, 0.1) is 6.61 Å². The summed E-state index contributed by atoms with van der Waals surface area (Å²) in [4.78, 5) is 0. The van der Waals surface area contributed by atoms with E-state index in [0.29, 0.717) is 6.54 Å². The maximum absolute atomic E-state index is 5.75. The summed E-state index contributed by atoms with van der Waals surface area (Å²) in [5.41, 5.74) is 6.82. The molecular weight excluding hydrogens is 282 g/mol. The van der Waals surface area contributed by atoms with Gasteiger partial charge in [0.2, 0.25) is 0 Å². The standard InChI is InChI=1S/C18H31NO.ClH/c1-2-3-4-5-6-7-8-9-16-20-18-12-10-17(11-13-18)14-15-19;/h10-13H,2-9,14-16,19H2,1H3;1H. The van der Waals surface area contributed by atoms with Crippen LogP contribution in [-0.2, 0) is 6.42 Å². The van der Waals surface area contributed by atoms with Gasteiger partial charge in [-0.2, -0.15) is 0 Å². The highest BCUT2D eigenvalue weighted by atomic mass is 35.5. The third kappa shape index (κ3) is 10.6. The first-order valence-electron chi connectivity index (χ1n) is 8.28. The van der Waals surface area contributed by atoms with Crippen LogP contribution in [0.5, 0.6) is 5.75 Å². The number of hydrogen-bond acceptors (Lipinski definition) is 2. The Hall–Kier alpha value is -0.730. The van der Waals surface area contributed by atoms with Gasteiger partial charge in [0.25, 0.3) is 0 Å². The van der Waals surface area contributed by atoms with Crippen molar-refractivity contribution in [2.45, 2.75) is 64.7 Å². The van der Waals surface area contributed by atoms with Crippen LogP contribution in [0.3, 0.4) is 0 Å². The minimum Gasteiger partial charge on any atom is -0.494 e. The van der Waals surface area contributed by atoms with Crippen LogP contribution < -0.4 is 10.5 Å². The lowest BCUT2D eigenvalue weighted by Crippen LogP contribution is -2.02. The summed E-state index contributed by atoms with van der Waals surface area (Å²) in [6.45, 7) is 3.81. The van der Waals surface area contributed by atoms with Crippen LogP contribution in [0.2, 0.25) is 0 Å². The Labute approximate surface area is 136 Å². The zero-order chi connectivity index (χ0) is 14.5. The molecule has 0 fully saturated rings. The maximum Gasteiger partial charge on any atom is 0.119 e. The molecule has 122 valence electrons. The molecule has 2 N–H and O–H groups in total. The topological polar surface area (TPSA) is 35.2 Å². The second kappa shape index (κ2) is 14.2. The summed E-state index contributed by atoms with van der Waals surface area (Å²) in [5, 5.41) is 0. The number of unbranched alkanes of at least 4 members (excludes halogenated alkanes) is 7. The second-order valence-corrected chi connectivity index (χ2v) is 5.51. The number of benzene rings is 1. The lowest BCUT2D eigenvalue weighted by atomic mass is 10.1. The first-order valence-corrected chi connectivity index (χ1v) is 8.28. The van der Waals surface area contributed by atoms with Crippen molar-refractivity contribution in [1.82, 2.24) is 0 Å². The molecule has 0 saturated heterocycles. The second-order valence-electron chi connectivity index (χ2n) is 5.51. The zero-order valence-corrected chi connectivity index (χ0v) is 14.3. The van der Waals surface area contributed by atoms with Crippen LogP contribution in [-0.4, -0.2) is 13.2 Å². The van der Waals surface area contributed by atoms with Crippen molar-refractivity contribution < 1.29 is 4.74 Å². The molecule has 21 heavy (non-hydrogen) atoms. The molecule has 0 atom stereocenters. The van der Waals surface area contributed by atoms with Gasteiger partial charge in [-0.3, -0.25) is 0 Å². The molecule has 0 radical (unpaired) electrons. The largest absolute Gasteiger partial charge is 0.494 e. The fourth-order valence-corrected chi connectivity index (χ4v) is 2.34. The molecule has 1 aromatic carbocycles. The summed E-state index contributed by atoms with van der Waals surface area (Å²) in [6.07, 6.45) is 11.7. The van der Waals surface area contributed by atoms with Gasteiger partial charge < -0.3 is 10.5 Å². The Balaban J connectivity index is 0.00000400. The van der Waals surface area contributed by atoms with Gasteiger partial charge >= 0.3 is 0 Å². The van der Waals surface area contributed by atoms with E-state index in [9.17, 15) is 0 Å². The number of halogens is 1. The van der Waals surface area contributed by atoms with Crippen LogP contribution in [0, 0.1) is 0 Å². The van der Waals surface area contributed by atoms with Crippen molar-refractivity contribution in [2.24, 2.45) is 5.73 Å². The lowest BCUT2D eigenvalue weighted by molar-refractivity contribution is 0.304. The summed E-state index contributed by atoms with van der Waals surface area (Å²) < 4.78 is 5.75. The van der Waals surface area contributed by atoms with E-state index in [1.165, 1.54) is 56.9 Å². The van der Waals surface area contributed by atoms with Gasteiger partial charge in [0.1, 0.15) is 5.75 Å². The third-order valence-electron chi connectivity index (χ3n) is 3.62. The van der Waals surface area contributed by atoms with Gasteiger partial charge in [-0.15, -0.1) is 12.4 Å². The number of nitrogens with two attached hydrogens (primary N) is 1. The average Bonchev–Trinajstić information content (AvgIpc) is 2.47. The van der Waals surface area contributed by atoms with Gasteiger partial charge in [-0.1, -0.05) is 64.0 Å². The molecule has 1 rings (SSSR count). The molecule has 0 aliphatic rings. The molecule has 0 spiro atoms. The van der Waals surface area contributed by atoms with E-state index in [-0.39, 0.29) is 12.4 Å². The fourth-order valence-electron chi connectivity index (χ4n) is 2.34. The molecular formula is C18H32ClNO. The van der Waals surface area contributed by atoms with Crippen molar-refractivity contribution in [3.8, 4) is 5.75 Å². The number of ether oxygens (including phenoxy) is 1. The van der Waals surface area contributed by atoms with Crippen molar-refractivity contribution >= 4 is 12.4 Å². The molecule has 1 aromatic rings. The molecule has 0 unspecified atom stereocenters. The lowest BCUT2D eigenvalue weighted by Gasteiger charge is -2.07. The summed E-state index contributed by atoms with van der Waals surface area (Å²) >= 11 is 0. The summed E-state index contributed by atoms with van der Waals surface area (Å²) in [6, 6.07) is 8.32. The normalized spacial score (nSPS) is 10.2. The molecule has 0 heterocycles. The summed E-state index contributed by atoms with van der Waals surface area (Å²) in [7, 11) is 0. The fraction of sp³-hybridized carbons (Fsp3) is 0.667. The Kier molecular flexibility index (Phi) is 13.7. The van der Waals surface area contributed by atoms with Crippen LogP contribution in [0.4, 0.5) is 0 Å². The van der Waals surface area contributed by atoms with Crippen molar-refractivity contribution in [3.63, 3.8) is 0 Å². The molecule has 3 heteroatoms. The quantitative estimate of drug-likeness (QED) is 0.543. The van der Waals surface area contributed by atoms with E-state index >= 15 is 0 Å². The zero-order valence-electron chi connectivity index (χ0n) is 13.5. The van der Waals surface area contributed by atoms with E-state index < -0.39 is 0 Å². The van der Waals surface area contributed by atoms with Crippen LogP contribution in [0.25, 0.3) is 0 Å². The van der Waals surface area contributed by atoms with Crippen LogP contribution in [0.15, 0.2) is 24.3 Å². The van der Waals surface area contributed by atoms with E-state index in [1.807, 2.05) is 0 Å². The van der Waals surface area contributed by atoms with Gasteiger partial charge in [-0.25, -0.2) is 0 Å². The Bertz CT molecular complexity index is 326.